The first kappa shape index (κ1) is 13.7. The summed E-state index contributed by atoms with van der Waals surface area (Å²) in [6, 6.07) is 0.441. The summed E-state index contributed by atoms with van der Waals surface area (Å²) in [5.74, 6) is 0. The zero-order valence-corrected chi connectivity index (χ0v) is 9.18. The predicted molar refractivity (Wildman–Crippen MR) is 53.3 cm³/mol. The molecule has 96 valence electrons. The summed E-state index contributed by atoms with van der Waals surface area (Å²) in [5, 5.41) is 3.28. The molecule has 1 saturated heterocycles. The third-order valence-corrected chi connectivity index (χ3v) is 2.39. The first-order valence-corrected chi connectivity index (χ1v) is 5.53. The lowest BCUT2D eigenvalue weighted by atomic mass is 10.1. The molecular weight excluding hydrogens is 223 g/mol. The fraction of sp³-hybridized carbons (Fsp3) is 1.00. The normalized spacial score (nSPS) is 18.9. The van der Waals surface area contributed by atoms with E-state index in [0.717, 1.165) is 26.1 Å². The second-order valence-corrected chi connectivity index (χ2v) is 3.86. The van der Waals surface area contributed by atoms with Crippen molar-refractivity contribution in [2.24, 2.45) is 0 Å². The molecular formula is C10H18F3NO2. The lowest BCUT2D eigenvalue weighted by Crippen LogP contribution is -2.35. The molecule has 1 heterocycles. The molecule has 0 unspecified atom stereocenters. The minimum Gasteiger partial charge on any atom is -0.381 e. The van der Waals surface area contributed by atoms with E-state index < -0.39 is 12.8 Å². The first-order valence-electron chi connectivity index (χ1n) is 5.53. The molecule has 0 radical (unpaired) electrons. The number of hydrogen-bond donors (Lipinski definition) is 1. The molecule has 1 rings (SSSR count). The monoisotopic (exact) mass is 241 g/mol. The fourth-order valence-electron chi connectivity index (χ4n) is 1.57. The summed E-state index contributed by atoms with van der Waals surface area (Å²) in [4.78, 5) is 0. The Morgan fingerprint density at radius 2 is 1.94 bits per heavy atom. The average molecular weight is 241 g/mol. The standard InChI is InChI=1S/C10H18F3NO2/c11-10(12,13)8-16-5-1-4-14-9-2-6-15-7-3-9/h9,14H,1-8H2. The molecule has 0 aromatic carbocycles. The van der Waals surface area contributed by atoms with Crippen molar-refractivity contribution in [3.8, 4) is 0 Å². The second-order valence-electron chi connectivity index (χ2n) is 3.86. The van der Waals surface area contributed by atoms with E-state index in [1.54, 1.807) is 0 Å². The Kier molecular flexibility index (Phi) is 6.08. The summed E-state index contributed by atoms with van der Waals surface area (Å²) in [6.07, 6.45) is -1.66. The number of halogens is 3. The van der Waals surface area contributed by atoms with Crippen LogP contribution in [0.3, 0.4) is 0 Å². The summed E-state index contributed by atoms with van der Waals surface area (Å²) in [5.41, 5.74) is 0. The minimum absolute atomic E-state index is 0.149. The molecule has 1 aliphatic heterocycles. The van der Waals surface area contributed by atoms with Crippen LogP contribution in [0.4, 0.5) is 13.2 Å². The molecule has 0 spiro atoms. The van der Waals surface area contributed by atoms with Crippen LogP contribution in [0, 0.1) is 0 Å². The molecule has 1 aliphatic rings. The van der Waals surface area contributed by atoms with Crippen molar-refractivity contribution in [1.82, 2.24) is 5.32 Å². The van der Waals surface area contributed by atoms with E-state index in [4.69, 9.17) is 4.74 Å². The van der Waals surface area contributed by atoms with E-state index in [0.29, 0.717) is 19.0 Å². The molecule has 0 aromatic rings. The van der Waals surface area contributed by atoms with Gasteiger partial charge in [-0.2, -0.15) is 13.2 Å². The molecule has 0 atom stereocenters. The van der Waals surface area contributed by atoms with E-state index in [2.05, 4.69) is 10.1 Å². The summed E-state index contributed by atoms with van der Waals surface area (Å²) in [6.45, 7) is 1.23. The quantitative estimate of drug-likeness (QED) is 0.718. The van der Waals surface area contributed by atoms with Gasteiger partial charge in [-0.3, -0.25) is 0 Å². The van der Waals surface area contributed by atoms with E-state index in [-0.39, 0.29) is 6.61 Å². The van der Waals surface area contributed by atoms with Crippen molar-refractivity contribution in [3.05, 3.63) is 0 Å². The van der Waals surface area contributed by atoms with Gasteiger partial charge in [0, 0.05) is 25.9 Å². The molecule has 3 nitrogen and oxygen atoms in total. The van der Waals surface area contributed by atoms with E-state index in [1.807, 2.05) is 0 Å². The number of nitrogens with one attached hydrogen (secondary N) is 1. The van der Waals surface area contributed by atoms with Gasteiger partial charge in [-0.05, 0) is 25.8 Å². The lowest BCUT2D eigenvalue weighted by Gasteiger charge is -2.23. The zero-order valence-electron chi connectivity index (χ0n) is 9.18. The van der Waals surface area contributed by atoms with E-state index in [1.165, 1.54) is 0 Å². The summed E-state index contributed by atoms with van der Waals surface area (Å²) < 4.78 is 44.8. The van der Waals surface area contributed by atoms with Gasteiger partial charge in [0.15, 0.2) is 0 Å². The first-order chi connectivity index (χ1) is 7.58. The molecule has 6 heteroatoms. The Morgan fingerprint density at radius 3 is 2.56 bits per heavy atom. The van der Waals surface area contributed by atoms with Crippen LogP contribution in [0.5, 0.6) is 0 Å². The molecule has 16 heavy (non-hydrogen) atoms. The smallest absolute Gasteiger partial charge is 0.381 e. The third kappa shape index (κ3) is 7.03. The predicted octanol–water partition coefficient (Wildman–Crippen LogP) is 1.72. The number of hydrogen-bond acceptors (Lipinski definition) is 3. The lowest BCUT2D eigenvalue weighted by molar-refractivity contribution is -0.174. The maximum absolute atomic E-state index is 11.7. The highest BCUT2D eigenvalue weighted by atomic mass is 19.4. The molecule has 1 N–H and O–H groups in total. The van der Waals surface area contributed by atoms with Crippen molar-refractivity contribution in [1.29, 1.82) is 0 Å². The Labute approximate surface area is 93.3 Å². The number of rotatable bonds is 6. The summed E-state index contributed by atoms with van der Waals surface area (Å²) >= 11 is 0. The molecule has 0 saturated carbocycles. The van der Waals surface area contributed by atoms with Gasteiger partial charge in [-0.1, -0.05) is 0 Å². The van der Waals surface area contributed by atoms with Crippen LogP contribution < -0.4 is 5.32 Å². The van der Waals surface area contributed by atoms with Crippen molar-refractivity contribution in [2.75, 3.05) is 33.0 Å². The molecule has 0 aliphatic carbocycles. The highest BCUT2D eigenvalue weighted by molar-refractivity contribution is 4.69. The van der Waals surface area contributed by atoms with Gasteiger partial charge >= 0.3 is 6.18 Å². The Hall–Kier alpha value is -0.330. The largest absolute Gasteiger partial charge is 0.411 e. The van der Waals surface area contributed by atoms with Crippen LogP contribution in [0.1, 0.15) is 19.3 Å². The Morgan fingerprint density at radius 1 is 1.25 bits per heavy atom. The SMILES string of the molecule is FC(F)(F)COCCCNC1CCOCC1. The van der Waals surface area contributed by atoms with Gasteiger partial charge in [0.1, 0.15) is 6.61 Å². The highest BCUT2D eigenvalue weighted by Gasteiger charge is 2.27. The van der Waals surface area contributed by atoms with Crippen LogP contribution in [0.25, 0.3) is 0 Å². The van der Waals surface area contributed by atoms with Crippen molar-refractivity contribution in [2.45, 2.75) is 31.5 Å². The topological polar surface area (TPSA) is 30.5 Å². The average Bonchev–Trinajstić information content (AvgIpc) is 2.23. The molecule has 1 fully saturated rings. The Bertz CT molecular complexity index is 181. The Balaban J connectivity index is 1.87. The van der Waals surface area contributed by atoms with Crippen LogP contribution >= 0.6 is 0 Å². The van der Waals surface area contributed by atoms with Gasteiger partial charge in [-0.15, -0.1) is 0 Å². The van der Waals surface area contributed by atoms with E-state index in [9.17, 15) is 13.2 Å². The summed E-state index contributed by atoms with van der Waals surface area (Å²) in [7, 11) is 0. The highest BCUT2D eigenvalue weighted by Crippen LogP contribution is 2.14. The number of alkyl halides is 3. The van der Waals surface area contributed by atoms with E-state index >= 15 is 0 Å². The van der Waals surface area contributed by atoms with Crippen molar-refractivity contribution in [3.63, 3.8) is 0 Å². The zero-order chi connectivity index (χ0) is 11.9. The second kappa shape index (κ2) is 7.09. The molecule has 0 amide bonds. The minimum atomic E-state index is -4.21. The maximum atomic E-state index is 11.7. The molecule has 0 bridgehead atoms. The van der Waals surface area contributed by atoms with Crippen LogP contribution in [0.15, 0.2) is 0 Å². The van der Waals surface area contributed by atoms with Crippen LogP contribution in [-0.2, 0) is 9.47 Å². The van der Waals surface area contributed by atoms with Gasteiger partial charge in [0.2, 0.25) is 0 Å². The van der Waals surface area contributed by atoms with Gasteiger partial charge < -0.3 is 14.8 Å². The van der Waals surface area contributed by atoms with Crippen molar-refractivity contribution < 1.29 is 22.6 Å². The van der Waals surface area contributed by atoms with Gasteiger partial charge in [0.05, 0.1) is 0 Å². The fourth-order valence-corrected chi connectivity index (χ4v) is 1.57. The maximum Gasteiger partial charge on any atom is 0.411 e. The number of ether oxygens (including phenoxy) is 2. The molecule has 0 aromatic heterocycles. The van der Waals surface area contributed by atoms with Crippen LogP contribution in [-0.4, -0.2) is 45.2 Å². The van der Waals surface area contributed by atoms with Crippen molar-refractivity contribution >= 4 is 0 Å². The van der Waals surface area contributed by atoms with Gasteiger partial charge in [0.25, 0.3) is 0 Å². The van der Waals surface area contributed by atoms with Gasteiger partial charge in [-0.25, -0.2) is 0 Å². The third-order valence-electron chi connectivity index (χ3n) is 2.39. The van der Waals surface area contributed by atoms with Crippen LogP contribution in [0.2, 0.25) is 0 Å².